The van der Waals surface area contributed by atoms with E-state index >= 15 is 0 Å². The number of urea groups is 2. The van der Waals surface area contributed by atoms with Crippen molar-refractivity contribution in [1.29, 1.82) is 5.41 Å². The molecule has 0 radical (unpaired) electrons. The van der Waals surface area contributed by atoms with Crippen LogP contribution in [0.5, 0.6) is 0 Å². The van der Waals surface area contributed by atoms with E-state index in [9.17, 15) is 22.8 Å². The molecule has 23 heavy (non-hydrogen) atoms. The quantitative estimate of drug-likeness (QED) is 0.373. The number of carbonyl (C=O) groups excluding carboxylic acids is 3. The number of amides is 5. The molecule has 0 aliphatic carbocycles. The lowest BCUT2D eigenvalue weighted by Gasteiger charge is -2.10. The Morgan fingerprint density at radius 2 is 1.61 bits per heavy atom. The average Bonchev–Trinajstić information content (AvgIpc) is 2.36. The second-order valence-electron chi connectivity index (χ2n) is 4.00. The van der Waals surface area contributed by atoms with Gasteiger partial charge < -0.3 is 0 Å². The van der Waals surface area contributed by atoms with Crippen molar-refractivity contribution in [2.75, 3.05) is 0 Å². The van der Waals surface area contributed by atoms with Crippen LogP contribution >= 0.6 is 11.6 Å². The van der Waals surface area contributed by atoms with Crippen molar-refractivity contribution in [1.82, 2.24) is 20.7 Å². The third-order valence-electron chi connectivity index (χ3n) is 2.12. The minimum atomic E-state index is -4.26. The van der Waals surface area contributed by atoms with Gasteiger partial charge in [0.05, 0.1) is 5.02 Å². The van der Waals surface area contributed by atoms with Gasteiger partial charge in [0.1, 0.15) is 4.90 Å². The lowest BCUT2D eigenvalue weighted by atomic mass is 10.4. The molecule has 0 unspecified atom stereocenters. The minimum absolute atomic E-state index is 0.0955. The van der Waals surface area contributed by atoms with Gasteiger partial charge in [-0.25, -0.2) is 22.7 Å². The standard InChI is InChI=1S/C11H12ClN5O5S/c1-6(18)14-10(19)15-9(13)16-11(20)17-23(21,22)8-5-3-2-4-7(8)12/h2-5H,1H3,(H5,13,14,15,16,17,18,19,20). The number of nitrogens with one attached hydrogen (secondary N) is 5. The van der Waals surface area contributed by atoms with Gasteiger partial charge in [-0.3, -0.25) is 26.2 Å². The molecule has 0 aromatic heterocycles. The van der Waals surface area contributed by atoms with Crippen LogP contribution in [-0.2, 0) is 14.8 Å². The van der Waals surface area contributed by atoms with Crippen LogP contribution in [0.3, 0.4) is 0 Å². The summed E-state index contributed by atoms with van der Waals surface area (Å²) in [6, 6.07) is 3.07. The van der Waals surface area contributed by atoms with Gasteiger partial charge in [-0.2, -0.15) is 0 Å². The van der Waals surface area contributed by atoms with Crippen molar-refractivity contribution < 1.29 is 22.8 Å². The van der Waals surface area contributed by atoms with Crippen molar-refractivity contribution in [3.8, 4) is 0 Å². The first-order valence-corrected chi connectivity index (χ1v) is 7.73. The SMILES string of the molecule is CC(=O)NC(=O)NC(=N)NC(=O)NS(=O)(=O)c1ccccc1Cl. The number of sulfonamides is 1. The summed E-state index contributed by atoms with van der Waals surface area (Å²) in [4.78, 5) is 32.9. The molecule has 0 saturated carbocycles. The number of hydrogen-bond acceptors (Lipinski definition) is 6. The summed E-state index contributed by atoms with van der Waals surface area (Å²) in [5.41, 5.74) is 0. The van der Waals surface area contributed by atoms with Crippen LogP contribution in [0, 0.1) is 5.41 Å². The van der Waals surface area contributed by atoms with E-state index in [1.54, 1.807) is 20.7 Å². The van der Waals surface area contributed by atoms with Gasteiger partial charge in [-0.05, 0) is 12.1 Å². The van der Waals surface area contributed by atoms with Crippen molar-refractivity contribution in [2.45, 2.75) is 11.8 Å². The Bertz CT molecular complexity index is 764. The number of halogens is 1. The largest absolute Gasteiger partial charge is 0.335 e. The Balaban J connectivity index is 2.66. The Hall–Kier alpha value is -2.66. The van der Waals surface area contributed by atoms with Crippen LogP contribution in [0.1, 0.15) is 6.92 Å². The highest BCUT2D eigenvalue weighted by Gasteiger charge is 2.21. The summed E-state index contributed by atoms with van der Waals surface area (Å²) in [5, 5.41) is 12.5. The van der Waals surface area contributed by atoms with Crippen molar-refractivity contribution in [3.05, 3.63) is 29.3 Å². The first-order valence-electron chi connectivity index (χ1n) is 5.87. The molecule has 1 aromatic rings. The van der Waals surface area contributed by atoms with Crippen LogP contribution in [-0.4, -0.2) is 32.3 Å². The van der Waals surface area contributed by atoms with Crippen LogP contribution in [0.4, 0.5) is 9.59 Å². The fraction of sp³-hybridized carbons (Fsp3) is 0.0909. The van der Waals surface area contributed by atoms with Crippen LogP contribution in [0.2, 0.25) is 5.02 Å². The highest BCUT2D eigenvalue weighted by molar-refractivity contribution is 7.90. The van der Waals surface area contributed by atoms with E-state index < -0.39 is 34.0 Å². The van der Waals surface area contributed by atoms with Gasteiger partial charge in [0.15, 0.2) is 0 Å². The molecule has 0 heterocycles. The van der Waals surface area contributed by atoms with Crippen LogP contribution < -0.4 is 20.7 Å². The molecule has 124 valence electrons. The number of rotatable bonds is 2. The third-order valence-corrected chi connectivity index (χ3v) is 3.95. The normalized spacial score (nSPS) is 10.3. The van der Waals surface area contributed by atoms with Gasteiger partial charge in [-0.1, -0.05) is 23.7 Å². The van der Waals surface area contributed by atoms with Crippen molar-refractivity contribution >= 4 is 45.6 Å². The predicted octanol–water partition coefficient (Wildman–Crippen LogP) is 0.108. The van der Waals surface area contributed by atoms with Crippen LogP contribution in [0.25, 0.3) is 0 Å². The molecule has 0 aliphatic rings. The van der Waals surface area contributed by atoms with Crippen LogP contribution in [0.15, 0.2) is 29.2 Å². The van der Waals surface area contributed by atoms with Crippen molar-refractivity contribution in [2.24, 2.45) is 0 Å². The van der Waals surface area contributed by atoms with Gasteiger partial charge in [0.2, 0.25) is 11.9 Å². The zero-order valence-corrected chi connectivity index (χ0v) is 13.2. The highest BCUT2D eigenvalue weighted by Crippen LogP contribution is 2.19. The fourth-order valence-electron chi connectivity index (χ4n) is 1.31. The summed E-state index contributed by atoms with van der Waals surface area (Å²) < 4.78 is 25.5. The van der Waals surface area contributed by atoms with E-state index in [0.717, 1.165) is 6.92 Å². The number of imide groups is 1. The Labute approximate surface area is 136 Å². The average molecular weight is 362 g/mol. The fourth-order valence-corrected chi connectivity index (χ4v) is 2.74. The molecule has 0 saturated heterocycles. The van der Waals surface area contributed by atoms with Gasteiger partial charge in [0, 0.05) is 6.92 Å². The van der Waals surface area contributed by atoms with E-state index in [1.165, 1.54) is 24.3 Å². The maximum absolute atomic E-state index is 11.9. The maximum Gasteiger partial charge on any atom is 0.335 e. The number of carbonyl (C=O) groups is 3. The molecular weight excluding hydrogens is 350 g/mol. The molecule has 0 spiro atoms. The van der Waals surface area contributed by atoms with E-state index in [1.807, 2.05) is 0 Å². The zero-order chi connectivity index (χ0) is 17.6. The second-order valence-corrected chi connectivity index (χ2v) is 6.06. The summed E-state index contributed by atoms with van der Waals surface area (Å²) in [6.07, 6.45) is 0. The molecule has 5 N–H and O–H groups in total. The molecule has 12 heteroatoms. The maximum atomic E-state index is 11.9. The van der Waals surface area contributed by atoms with Gasteiger partial charge >= 0.3 is 12.1 Å². The first-order chi connectivity index (χ1) is 10.6. The van der Waals surface area contributed by atoms with E-state index in [4.69, 9.17) is 17.0 Å². The van der Waals surface area contributed by atoms with E-state index in [2.05, 4.69) is 0 Å². The highest BCUT2D eigenvalue weighted by atomic mass is 35.5. The molecule has 5 amide bonds. The molecule has 1 aromatic carbocycles. The smallest absolute Gasteiger partial charge is 0.278 e. The first kappa shape index (κ1) is 18.4. The zero-order valence-electron chi connectivity index (χ0n) is 11.6. The van der Waals surface area contributed by atoms with Gasteiger partial charge in [-0.15, -0.1) is 0 Å². The third kappa shape index (κ3) is 5.92. The predicted molar refractivity (Wildman–Crippen MR) is 80.4 cm³/mol. The molecule has 0 aliphatic heterocycles. The topological polar surface area (TPSA) is 157 Å². The summed E-state index contributed by atoms with van der Waals surface area (Å²) in [5.74, 6) is -1.52. The Morgan fingerprint density at radius 3 is 2.17 bits per heavy atom. The Kier molecular flexibility index (Phi) is 6.04. The van der Waals surface area contributed by atoms with E-state index in [0.29, 0.717) is 0 Å². The minimum Gasteiger partial charge on any atom is -0.278 e. The molecular formula is C11H12ClN5O5S. The summed E-state index contributed by atoms with van der Waals surface area (Å²) in [6.45, 7) is 1.07. The monoisotopic (exact) mass is 361 g/mol. The molecule has 1 rings (SSSR count). The van der Waals surface area contributed by atoms with Gasteiger partial charge in [0.25, 0.3) is 10.0 Å². The molecule has 0 atom stereocenters. The number of hydrogen-bond donors (Lipinski definition) is 5. The number of benzene rings is 1. The van der Waals surface area contributed by atoms with Crippen molar-refractivity contribution in [3.63, 3.8) is 0 Å². The lowest BCUT2D eigenvalue weighted by molar-refractivity contribution is -0.117. The van der Waals surface area contributed by atoms with E-state index in [-0.39, 0.29) is 9.92 Å². The Morgan fingerprint density at radius 1 is 1.04 bits per heavy atom. The summed E-state index contributed by atoms with van der Waals surface area (Å²) in [7, 11) is -4.26. The number of guanidine groups is 1. The molecule has 10 nitrogen and oxygen atoms in total. The summed E-state index contributed by atoms with van der Waals surface area (Å²) >= 11 is 5.72. The second kappa shape index (κ2) is 7.56. The molecule has 0 fully saturated rings. The lowest BCUT2D eigenvalue weighted by Crippen LogP contribution is -2.51. The molecule has 0 bridgehead atoms.